The summed E-state index contributed by atoms with van der Waals surface area (Å²) in [6.07, 6.45) is 0.550. The first kappa shape index (κ1) is 15.5. The van der Waals surface area contributed by atoms with Gasteiger partial charge in [-0.1, -0.05) is 48.5 Å². The molecule has 1 aromatic heterocycles. The van der Waals surface area contributed by atoms with Crippen LogP contribution in [0.1, 0.15) is 16.1 Å². The maximum Gasteiger partial charge on any atom is 0.356 e. The molecule has 3 rings (SSSR count). The van der Waals surface area contributed by atoms with E-state index in [1.807, 2.05) is 54.6 Å². The third-order valence-electron chi connectivity index (χ3n) is 3.78. The highest BCUT2D eigenvalue weighted by Crippen LogP contribution is 2.33. The number of carbonyl (C=O) groups is 1. The molecule has 0 radical (unpaired) electrons. The quantitative estimate of drug-likeness (QED) is 0.525. The largest absolute Gasteiger partial charge is 0.464 e. The van der Waals surface area contributed by atoms with E-state index >= 15 is 0 Å². The smallest absolute Gasteiger partial charge is 0.356 e. The normalized spacial score (nSPS) is 10.7. The number of methoxy groups -OCH3 is 1. The van der Waals surface area contributed by atoms with Gasteiger partial charge in [0.1, 0.15) is 0 Å². The third kappa shape index (κ3) is 2.92. The molecule has 0 aliphatic rings. The van der Waals surface area contributed by atoms with E-state index in [9.17, 15) is 4.79 Å². The second-order valence-electron chi connectivity index (χ2n) is 5.13. The fourth-order valence-corrected chi connectivity index (χ4v) is 2.98. The number of rotatable bonds is 4. The number of ether oxygens (including phenoxy) is 1. The Kier molecular flexibility index (Phi) is 4.58. The Labute approximate surface area is 139 Å². The molecule has 23 heavy (non-hydrogen) atoms. The number of carbonyl (C=O) groups excluding carboxylic acids is 1. The number of nitrogens with zero attached hydrogens (tertiary/aromatic N) is 1. The fraction of sp³-hybridized carbons (Fsp3) is 0.158. The molecule has 2 aromatic carbocycles. The summed E-state index contributed by atoms with van der Waals surface area (Å²) in [5, 5.41) is 1.01. The molecule has 116 valence electrons. The lowest BCUT2D eigenvalue weighted by Crippen LogP contribution is -2.11. The molecule has 3 nitrogen and oxygen atoms in total. The van der Waals surface area contributed by atoms with Crippen LogP contribution in [0.2, 0.25) is 0 Å². The highest BCUT2D eigenvalue weighted by Gasteiger charge is 2.21. The molecule has 0 saturated heterocycles. The van der Waals surface area contributed by atoms with E-state index in [1.165, 1.54) is 7.11 Å². The summed E-state index contributed by atoms with van der Waals surface area (Å²) in [5.41, 5.74) is 3.97. The van der Waals surface area contributed by atoms with Crippen molar-refractivity contribution in [3.8, 4) is 11.1 Å². The Bertz CT molecular complexity index is 847. The van der Waals surface area contributed by atoms with Crippen molar-refractivity contribution in [1.82, 2.24) is 4.98 Å². The summed E-state index contributed by atoms with van der Waals surface area (Å²) in [6, 6.07) is 17.8. The molecule has 0 aliphatic carbocycles. The Morgan fingerprint density at radius 3 is 2.48 bits per heavy atom. The van der Waals surface area contributed by atoms with Crippen molar-refractivity contribution in [2.45, 2.75) is 6.42 Å². The lowest BCUT2D eigenvalue weighted by molar-refractivity contribution is 0.0593. The van der Waals surface area contributed by atoms with E-state index in [1.54, 1.807) is 0 Å². The summed E-state index contributed by atoms with van der Waals surface area (Å²) in [6.45, 7) is 0. The minimum absolute atomic E-state index is 0.339. The molecular formula is C19H16ClNO2. The maximum atomic E-state index is 12.2. The van der Waals surface area contributed by atoms with Crippen molar-refractivity contribution in [3.05, 3.63) is 65.9 Å². The third-order valence-corrected chi connectivity index (χ3v) is 3.97. The average Bonchev–Trinajstić information content (AvgIpc) is 2.61. The minimum Gasteiger partial charge on any atom is -0.464 e. The molecule has 0 unspecified atom stereocenters. The second kappa shape index (κ2) is 6.80. The van der Waals surface area contributed by atoms with E-state index in [0.29, 0.717) is 18.0 Å². The van der Waals surface area contributed by atoms with Gasteiger partial charge in [0.25, 0.3) is 0 Å². The van der Waals surface area contributed by atoms with Gasteiger partial charge in [-0.2, -0.15) is 0 Å². The molecule has 0 bridgehead atoms. The predicted octanol–water partition coefficient (Wildman–Crippen LogP) is 4.47. The van der Waals surface area contributed by atoms with Crippen molar-refractivity contribution in [2.24, 2.45) is 0 Å². The SMILES string of the molecule is COC(=O)c1nc2ccccc2c(-c2ccccc2)c1CCCl. The Morgan fingerprint density at radius 2 is 1.78 bits per heavy atom. The van der Waals surface area contributed by atoms with Gasteiger partial charge < -0.3 is 4.74 Å². The summed E-state index contributed by atoms with van der Waals surface area (Å²) in [5.74, 6) is -0.0304. The van der Waals surface area contributed by atoms with Crippen LogP contribution in [-0.2, 0) is 11.2 Å². The van der Waals surface area contributed by atoms with Crippen LogP contribution in [0, 0.1) is 0 Å². The van der Waals surface area contributed by atoms with Gasteiger partial charge >= 0.3 is 5.97 Å². The highest BCUT2D eigenvalue weighted by atomic mass is 35.5. The van der Waals surface area contributed by atoms with Gasteiger partial charge in [0.15, 0.2) is 5.69 Å². The zero-order valence-corrected chi connectivity index (χ0v) is 13.5. The van der Waals surface area contributed by atoms with Crippen molar-refractivity contribution < 1.29 is 9.53 Å². The Hall–Kier alpha value is -2.39. The molecule has 0 fully saturated rings. The van der Waals surface area contributed by atoms with Gasteiger partial charge in [-0.25, -0.2) is 9.78 Å². The van der Waals surface area contributed by atoms with E-state index in [4.69, 9.17) is 16.3 Å². The van der Waals surface area contributed by atoms with E-state index < -0.39 is 5.97 Å². The van der Waals surface area contributed by atoms with Crippen LogP contribution in [0.5, 0.6) is 0 Å². The summed E-state index contributed by atoms with van der Waals surface area (Å²) in [7, 11) is 1.37. The van der Waals surface area contributed by atoms with Crippen LogP contribution in [0.3, 0.4) is 0 Å². The Balaban J connectivity index is 2.41. The highest BCUT2D eigenvalue weighted by molar-refractivity contribution is 6.18. The summed E-state index contributed by atoms with van der Waals surface area (Å²) in [4.78, 5) is 16.7. The second-order valence-corrected chi connectivity index (χ2v) is 5.51. The lowest BCUT2D eigenvalue weighted by Gasteiger charge is -2.16. The molecule has 3 aromatic rings. The van der Waals surface area contributed by atoms with Crippen LogP contribution in [0.25, 0.3) is 22.0 Å². The predicted molar refractivity (Wildman–Crippen MR) is 92.9 cm³/mol. The number of pyridine rings is 1. The Morgan fingerprint density at radius 1 is 1.09 bits per heavy atom. The molecule has 0 N–H and O–H groups in total. The van der Waals surface area contributed by atoms with E-state index in [2.05, 4.69) is 4.98 Å². The standard InChI is InChI=1S/C19H16ClNO2/c1-23-19(22)18-15(11-12-20)17(13-7-3-2-4-8-13)14-9-5-6-10-16(14)21-18/h2-10H,11-12H2,1H3. The van der Waals surface area contributed by atoms with Crippen LogP contribution < -0.4 is 0 Å². The van der Waals surface area contributed by atoms with Gasteiger partial charge in [0, 0.05) is 11.3 Å². The summed E-state index contributed by atoms with van der Waals surface area (Å²) >= 11 is 5.99. The van der Waals surface area contributed by atoms with Crippen LogP contribution in [0.15, 0.2) is 54.6 Å². The zero-order valence-electron chi connectivity index (χ0n) is 12.8. The number of esters is 1. The lowest BCUT2D eigenvalue weighted by atomic mass is 9.93. The van der Waals surface area contributed by atoms with Gasteiger partial charge in [-0.3, -0.25) is 0 Å². The number of hydrogen-bond acceptors (Lipinski definition) is 3. The number of benzene rings is 2. The molecular weight excluding hydrogens is 310 g/mol. The van der Waals surface area contributed by atoms with E-state index in [-0.39, 0.29) is 0 Å². The first-order valence-corrected chi connectivity index (χ1v) is 7.91. The van der Waals surface area contributed by atoms with Crippen molar-refractivity contribution in [3.63, 3.8) is 0 Å². The van der Waals surface area contributed by atoms with Gasteiger partial charge in [-0.05, 0) is 29.2 Å². The van der Waals surface area contributed by atoms with Gasteiger partial charge in [0.2, 0.25) is 0 Å². The molecule has 0 atom stereocenters. The molecule has 0 amide bonds. The first-order valence-electron chi connectivity index (χ1n) is 7.37. The zero-order chi connectivity index (χ0) is 16.2. The molecule has 1 heterocycles. The molecule has 0 saturated carbocycles. The number of aromatic nitrogens is 1. The van der Waals surface area contributed by atoms with Gasteiger partial charge in [-0.15, -0.1) is 11.6 Å². The number of para-hydroxylation sites is 1. The molecule has 0 aliphatic heterocycles. The van der Waals surface area contributed by atoms with Crippen LogP contribution in [-0.4, -0.2) is 23.9 Å². The molecule has 0 spiro atoms. The van der Waals surface area contributed by atoms with E-state index in [0.717, 1.165) is 27.6 Å². The first-order chi connectivity index (χ1) is 11.3. The topological polar surface area (TPSA) is 39.2 Å². The number of fused-ring (bicyclic) bond motifs is 1. The number of alkyl halides is 1. The van der Waals surface area contributed by atoms with Crippen LogP contribution >= 0.6 is 11.6 Å². The fourth-order valence-electron chi connectivity index (χ4n) is 2.79. The van der Waals surface area contributed by atoms with Crippen LogP contribution in [0.4, 0.5) is 0 Å². The molecule has 4 heteroatoms. The van der Waals surface area contributed by atoms with Crippen molar-refractivity contribution >= 4 is 28.5 Å². The minimum atomic E-state index is -0.437. The average molecular weight is 326 g/mol. The van der Waals surface area contributed by atoms with Gasteiger partial charge in [0.05, 0.1) is 12.6 Å². The monoisotopic (exact) mass is 325 g/mol. The number of hydrogen-bond donors (Lipinski definition) is 0. The van der Waals surface area contributed by atoms with Crippen molar-refractivity contribution in [2.75, 3.05) is 13.0 Å². The summed E-state index contributed by atoms with van der Waals surface area (Å²) < 4.78 is 4.92. The van der Waals surface area contributed by atoms with Crippen molar-refractivity contribution in [1.29, 1.82) is 0 Å². The number of halogens is 1. The maximum absolute atomic E-state index is 12.2.